The van der Waals surface area contributed by atoms with Crippen molar-refractivity contribution >= 4 is 23.1 Å². The predicted octanol–water partition coefficient (Wildman–Crippen LogP) is 4.94. The molecule has 1 aromatic carbocycles. The second-order valence-corrected chi connectivity index (χ2v) is 7.45. The van der Waals surface area contributed by atoms with Crippen molar-refractivity contribution in [2.24, 2.45) is 5.92 Å². The summed E-state index contributed by atoms with van der Waals surface area (Å²) in [6, 6.07) is 7.79. The first-order valence-corrected chi connectivity index (χ1v) is 9.87. The standard InChI is InChI=1S/C22H29N3O2/c1-4-19-20(15(3)26)14(2)24-21(19)22(27)25-18-11-9-17(10-12-18)23-13-16-7-5-6-8-16/h9-12,16,23-24H,4-8,13H2,1-3H3,(H,25,27). The largest absolute Gasteiger partial charge is 0.385 e. The van der Waals surface area contributed by atoms with Gasteiger partial charge in [-0.25, -0.2) is 0 Å². The van der Waals surface area contributed by atoms with Gasteiger partial charge in [0.25, 0.3) is 5.91 Å². The number of amides is 1. The van der Waals surface area contributed by atoms with Gasteiger partial charge in [0, 0.05) is 29.2 Å². The molecule has 27 heavy (non-hydrogen) atoms. The highest BCUT2D eigenvalue weighted by molar-refractivity contribution is 6.07. The lowest BCUT2D eigenvalue weighted by Crippen LogP contribution is -2.15. The minimum absolute atomic E-state index is 0.0164. The summed E-state index contributed by atoms with van der Waals surface area (Å²) in [4.78, 5) is 27.7. The fraction of sp³-hybridized carbons (Fsp3) is 0.455. The van der Waals surface area contributed by atoms with Crippen molar-refractivity contribution < 1.29 is 9.59 Å². The van der Waals surface area contributed by atoms with Gasteiger partial charge in [-0.2, -0.15) is 0 Å². The fourth-order valence-electron chi connectivity index (χ4n) is 4.04. The lowest BCUT2D eigenvalue weighted by molar-refractivity contribution is 0.101. The van der Waals surface area contributed by atoms with Gasteiger partial charge in [-0.1, -0.05) is 19.8 Å². The number of aromatic amines is 1. The molecule has 0 atom stereocenters. The number of carbonyl (C=O) groups is 2. The summed E-state index contributed by atoms with van der Waals surface area (Å²) < 4.78 is 0. The van der Waals surface area contributed by atoms with Crippen LogP contribution in [-0.4, -0.2) is 23.2 Å². The molecule has 1 fully saturated rings. The average molecular weight is 367 g/mol. The van der Waals surface area contributed by atoms with E-state index in [1.807, 2.05) is 38.1 Å². The van der Waals surface area contributed by atoms with E-state index in [4.69, 9.17) is 0 Å². The minimum atomic E-state index is -0.214. The van der Waals surface area contributed by atoms with Crippen LogP contribution in [0.25, 0.3) is 0 Å². The van der Waals surface area contributed by atoms with E-state index in [0.29, 0.717) is 17.7 Å². The summed E-state index contributed by atoms with van der Waals surface area (Å²) in [7, 11) is 0. The molecule has 144 valence electrons. The van der Waals surface area contributed by atoms with Crippen LogP contribution in [0, 0.1) is 12.8 Å². The van der Waals surface area contributed by atoms with Crippen LogP contribution in [0.5, 0.6) is 0 Å². The molecular formula is C22H29N3O2. The highest BCUT2D eigenvalue weighted by Gasteiger charge is 2.21. The zero-order chi connectivity index (χ0) is 19.4. The number of hydrogen-bond donors (Lipinski definition) is 3. The quantitative estimate of drug-likeness (QED) is 0.607. The summed E-state index contributed by atoms with van der Waals surface area (Å²) in [6.45, 7) is 6.34. The third-order valence-corrected chi connectivity index (χ3v) is 5.44. The molecule has 0 unspecified atom stereocenters. The fourth-order valence-corrected chi connectivity index (χ4v) is 4.04. The Hall–Kier alpha value is -2.56. The van der Waals surface area contributed by atoms with Crippen molar-refractivity contribution in [1.29, 1.82) is 0 Å². The Balaban J connectivity index is 1.65. The minimum Gasteiger partial charge on any atom is -0.385 e. The maximum absolute atomic E-state index is 12.7. The molecule has 1 aliphatic rings. The Morgan fingerprint density at radius 1 is 1.11 bits per heavy atom. The van der Waals surface area contributed by atoms with Crippen LogP contribution >= 0.6 is 0 Å². The highest BCUT2D eigenvalue weighted by atomic mass is 16.2. The van der Waals surface area contributed by atoms with Gasteiger partial charge in [0.1, 0.15) is 5.69 Å². The van der Waals surface area contributed by atoms with Gasteiger partial charge in [0.2, 0.25) is 0 Å². The van der Waals surface area contributed by atoms with Crippen LogP contribution in [0.4, 0.5) is 11.4 Å². The first kappa shape index (κ1) is 19.2. The Labute approximate surface area is 160 Å². The summed E-state index contributed by atoms with van der Waals surface area (Å²) in [5.41, 5.74) is 4.45. The molecular weight excluding hydrogens is 338 g/mol. The molecule has 0 spiro atoms. The number of anilines is 2. The Morgan fingerprint density at radius 3 is 2.33 bits per heavy atom. The molecule has 1 amide bonds. The molecule has 3 N–H and O–H groups in total. The normalized spacial score (nSPS) is 14.3. The molecule has 1 heterocycles. The van der Waals surface area contributed by atoms with E-state index in [1.165, 1.54) is 32.6 Å². The van der Waals surface area contributed by atoms with Crippen LogP contribution in [0.1, 0.15) is 71.6 Å². The number of aromatic nitrogens is 1. The SMILES string of the molecule is CCc1c(C(=O)Nc2ccc(NCC3CCCC3)cc2)[nH]c(C)c1C(C)=O. The first-order chi connectivity index (χ1) is 13.0. The van der Waals surface area contributed by atoms with Gasteiger partial charge < -0.3 is 15.6 Å². The number of rotatable bonds is 7. The molecule has 1 aliphatic carbocycles. The number of carbonyl (C=O) groups excluding carboxylic acids is 2. The first-order valence-electron chi connectivity index (χ1n) is 9.87. The lowest BCUT2D eigenvalue weighted by atomic mass is 10.0. The topological polar surface area (TPSA) is 74.0 Å². The number of aryl methyl sites for hydroxylation is 1. The van der Waals surface area contributed by atoms with E-state index in [-0.39, 0.29) is 11.7 Å². The zero-order valence-corrected chi connectivity index (χ0v) is 16.4. The monoisotopic (exact) mass is 367 g/mol. The van der Waals surface area contributed by atoms with Crippen LogP contribution in [0.3, 0.4) is 0 Å². The van der Waals surface area contributed by atoms with Crippen molar-refractivity contribution in [3.63, 3.8) is 0 Å². The van der Waals surface area contributed by atoms with Crippen molar-refractivity contribution in [3.8, 4) is 0 Å². The maximum atomic E-state index is 12.7. The molecule has 5 heteroatoms. The maximum Gasteiger partial charge on any atom is 0.272 e. The summed E-state index contributed by atoms with van der Waals surface area (Å²) >= 11 is 0. The number of benzene rings is 1. The van der Waals surface area contributed by atoms with E-state index < -0.39 is 0 Å². The summed E-state index contributed by atoms with van der Waals surface area (Å²) in [5.74, 6) is 0.551. The van der Waals surface area contributed by atoms with E-state index in [9.17, 15) is 9.59 Å². The van der Waals surface area contributed by atoms with E-state index in [1.54, 1.807) is 0 Å². The second kappa shape index (κ2) is 8.42. The van der Waals surface area contributed by atoms with Gasteiger partial charge in [-0.3, -0.25) is 9.59 Å². The van der Waals surface area contributed by atoms with Crippen LogP contribution in [-0.2, 0) is 6.42 Å². The molecule has 5 nitrogen and oxygen atoms in total. The average Bonchev–Trinajstić information content (AvgIpc) is 3.28. The van der Waals surface area contributed by atoms with Gasteiger partial charge >= 0.3 is 0 Å². The number of hydrogen-bond acceptors (Lipinski definition) is 3. The van der Waals surface area contributed by atoms with Crippen LogP contribution in [0.15, 0.2) is 24.3 Å². The lowest BCUT2D eigenvalue weighted by Gasteiger charge is -2.12. The molecule has 1 aromatic heterocycles. The van der Waals surface area contributed by atoms with E-state index in [2.05, 4.69) is 15.6 Å². The number of Topliss-reactive ketones (excluding diaryl/α,β-unsaturated/α-hetero) is 1. The molecule has 2 aromatic rings. The molecule has 3 rings (SSSR count). The third-order valence-electron chi connectivity index (χ3n) is 5.44. The van der Waals surface area contributed by atoms with Crippen LogP contribution in [0.2, 0.25) is 0 Å². The van der Waals surface area contributed by atoms with Crippen LogP contribution < -0.4 is 10.6 Å². The number of H-pyrrole nitrogens is 1. The van der Waals surface area contributed by atoms with Gasteiger partial charge in [0.15, 0.2) is 5.78 Å². The zero-order valence-electron chi connectivity index (χ0n) is 16.4. The van der Waals surface area contributed by atoms with Crippen molar-refractivity contribution in [3.05, 3.63) is 46.8 Å². The van der Waals surface area contributed by atoms with Gasteiger partial charge in [-0.15, -0.1) is 0 Å². The van der Waals surface area contributed by atoms with E-state index >= 15 is 0 Å². The second-order valence-electron chi connectivity index (χ2n) is 7.45. The predicted molar refractivity (Wildman–Crippen MR) is 110 cm³/mol. The Kier molecular flexibility index (Phi) is 5.99. The third kappa shape index (κ3) is 4.41. The Bertz CT molecular complexity index is 815. The summed E-state index contributed by atoms with van der Waals surface area (Å²) in [5, 5.41) is 6.41. The van der Waals surface area contributed by atoms with Crippen molar-refractivity contribution in [2.75, 3.05) is 17.2 Å². The molecule has 1 saturated carbocycles. The van der Waals surface area contributed by atoms with Crippen molar-refractivity contribution in [2.45, 2.75) is 52.9 Å². The number of ketones is 1. The molecule has 0 radical (unpaired) electrons. The number of nitrogens with one attached hydrogen (secondary N) is 3. The van der Waals surface area contributed by atoms with E-state index in [0.717, 1.165) is 35.1 Å². The Morgan fingerprint density at radius 2 is 1.74 bits per heavy atom. The molecule has 0 bridgehead atoms. The summed E-state index contributed by atoms with van der Waals surface area (Å²) in [6.07, 6.45) is 5.96. The van der Waals surface area contributed by atoms with Crippen molar-refractivity contribution in [1.82, 2.24) is 4.98 Å². The van der Waals surface area contributed by atoms with Gasteiger partial charge in [0.05, 0.1) is 0 Å². The molecule has 0 saturated heterocycles. The van der Waals surface area contributed by atoms with Gasteiger partial charge in [-0.05, 0) is 68.9 Å². The molecule has 0 aliphatic heterocycles. The smallest absolute Gasteiger partial charge is 0.272 e. The highest BCUT2D eigenvalue weighted by Crippen LogP contribution is 2.25.